The molecular formula is C17H14N2O. The van der Waals surface area contributed by atoms with Crippen molar-refractivity contribution in [3.05, 3.63) is 77.7 Å². The minimum Gasteiger partial charge on any atom is -0.360 e. The van der Waals surface area contributed by atoms with E-state index in [2.05, 4.69) is 59.0 Å². The molecule has 20 heavy (non-hydrogen) atoms. The Morgan fingerprint density at radius 3 is 2.15 bits per heavy atom. The first-order valence-corrected chi connectivity index (χ1v) is 6.74. The number of hydrogen-bond acceptors (Lipinski definition) is 3. The monoisotopic (exact) mass is 262 g/mol. The van der Waals surface area contributed by atoms with Crippen LogP contribution in [-0.4, -0.2) is 5.16 Å². The average Bonchev–Trinajstić information content (AvgIpc) is 3.11. The second kappa shape index (κ2) is 4.62. The summed E-state index contributed by atoms with van der Waals surface area (Å²) in [7, 11) is 0. The topological polar surface area (TPSA) is 38.1 Å². The molecule has 0 aliphatic heterocycles. The minimum absolute atomic E-state index is 0.215. The van der Waals surface area contributed by atoms with Crippen LogP contribution in [0.3, 0.4) is 0 Å². The zero-order valence-electron chi connectivity index (χ0n) is 10.9. The molecule has 2 aromatic carbocycles. The lowest BCUT2D eigenvalue weighted by atomic mass is 10.1. The van der Waals surface area contributed by atoms with Gasteiger partial charge >= 0.3 is 0 Å². The molecule has 1 N–H and O–H groups in total. The van der Waals surface area contributed by atoms with Gasteiger partial charge in [-0.3, -0.25) is 5.32 Å². The summed E-state index contributed by atoms with van der Waals surface area (Å²) in [4.78, 5) is 0. The van der Waals surface area contributed by atoms with Crippen molar-refractivity contribution in [1.29, 1.82) is 0 Å². The molecule has 0 bridgehead atoms. The molecule has 0 saturated carbocycles. The number of nitrogens with zero attached hydrogens (tertiary/aromatic N) is 1. The Labute approximate surface area is 117 Å². The van der Waals surface area contributed by atoms with Crippen molar-refractivity contribution in [3.63, 3.8) is 0 Å². The third-order valence-corrected chi connectivity index (χ3v) is 3.81. The van der Waals surface area contributed by atoms with E-state index in [0.29, 0.717) is 6.54 Å². The summed E-state index contributed by atoms with van der Waals surface area (Å²) in [6.07, 6.45) is 1.67. The van der Waals surface area contributed by atoms with Gasteiger partial charge in [0.2, 0.25) is 0 Å². The fourth-order valence-corrected chi connectivity index (χ4v) is 2.91. The molecule has 98 valence electrons. The highest BCUT2D eigenvalue weighted by molar-refractivity contribution is 5.78. The smallest absolute Gasteiger partial charge is 0.150 e. The summed E-state index contributed by atoms with van der Waals surface area (Å²) in [6.45, 7) is 0.674. The van der Waals surface area contributed by atoms with Crippen molar-refractivity contribution >= 4 is 0 Å². The van der Waals surface area contributed by atoms with Gasteiger partial charge in [-0.15, -0.1) is 0 Å². The zero-order chi connectivity index (χ0) is 13.4. The molecule has 0 amide bonds. The van der Waals surface area contributed by atoms with E-state index in [-0.39, 0.29) is 6.04 Å². The van der Waals surface area contributed by atoms with Crippen molar-refractivity contribution in [3.8, 4) is 11.1 Å². The number of nitrogens with one attached hydrogen (secondary N) is 1. The lowest BCUT2D eigenvalue weighted by Gasteiger charge is -2.14. The van der Waals surface area contributed by atoms with E-state index in [4.69, 9.17) is 4.52 Å². The molecule has 4 rings (SSSR count). The second-order valence-electron chi connectivity index (χ2n) is 4.97. The maximum absolute atomic E-state index is 5.16. The van der Waals surface area contributed by atoms with E-state index < -0.39 is 0 Å². The Balaban J connectivity index is 1.72. The van der Waals surface area contributed by atoms with Crippen LogP contribution in [0, 0.1) is 0 Å². The van der Waals surface area contributed by atoms with Crippen molar-refractivity contribution in [2.75, 3.05) is 0 Å². The number of aromatic nitrogens is 1. The van der Waals surface area contributed by atoms with E-state index in [1.807, 2.05) is 6.07 Å². The molecule has 0 spiro atoms. The van der Waals surface area contributed by atoms with Gasteiger partial charge in [-0.05, 0) is 22.3 Å². The molecule has 0 radical (unpaired) electrons. The summed E-state index contributed by atoms with van der Waals surface area (Å²) in [6, 6.07) is 19.2. The van der Waals surface area contributed by atoms with Crippen LogP contribution in [0.1, 0.15) is 22.9 Å². The van der Waals surface area contributed by atoms with Gasteiger partial charge in [0.15, 0.2) is 0 Å². The number of hydrogen-bond donors (Lipinski definition) is 1. The number of benzene rings is 2. The molecule has 3 heteroatoms. The van der Waals surface area contributed by atoms with Gasteiger partial charge in [0.1, 0.15) is 5.76 Å². The molecule has 0 atom stereocenters. The average molecular weight is 262 g/mol. The van der Waals surface area contributed by atoms with Crippen LogP contribution in [0.15, 0.2) is 65.3 Å². The Bertz CT molecular complexity index is 689. The Morgan fingerprint density at radius 1 is 0.900 bits per heavy atom. The van der Waals surface area contributed by atoms with Crippen LogP contribution in [0.25, 0.3) is 11.1 Å². The standard InChI is InChI=1S/C17H14N2O/c1-3-7-15-13(5-1)14-6-2-4-8-16(14)17(15)18-11-12-9-10-19-20-12/h1-10,17-18H,11H2. The second-order valence-corrected chi connectivity index (χ2v) is 4.97. The first kappa shape index (κ1) is 11.4. The fraction of sp³-hybridized carbons (Fsp3) is 0.118. The SMILES string of the molecule is c1ccc2c(c1)-c1ccccc1C2NCc1ccno1. The van der Waals surface area contributed by atoms with Gasteiger partial charge in [0.05, 0.1) is 18.8 Å². The van der Waals surface area contributed by atoms with Crippen LogP contribution >= 0.6 is 0 Å². The molecule has 0 saturated heterocycles. The highest BCUT2D eigenvalue weighted by atomic mass is 16.5. The summed E-state index contributed by atoms with van der Waals surface area (Å²) in [5.41, 5.74) is 5.29. The Morgan fingerprint density at radius 2 is 1.55 bits per heavy atom. The molecule has 1 aliphatic carbocycles. The van der Waals surface area contributed by atoms with Gasteiger partial charge < -0.3 is 4.52 Å². The highest BCUT2D eigenvalue weighted by Gasteiger charge is 2.27. The third-order valence-electron chi connectivity index (χ3n) is 3.81. The molecule has 0 fully saturated rings. The van der Waals surface area contributed by atoms with Crippen molar-refractivity contribution < 1.29 is 4.52 Å². The molecule has 0 unspecified atom stereocenters. The summed E-state index contributed by atoms with van der Waals surface area (Å²) in [5, 5.41) is 7.30. The van der Waals surface area contributed by atoms with Crippen LogP contribution in [0.4, 0.5) is 0 Å². The summed E-state index contributed by atoms with van der Waals surface area (Å²) < 4.78 is 5.16. The van der Waals surface area contributed by atoms with Gasteiger partial charge in [-0.1, -0.05) is 53.7 Å². The van der Waals surface area contributed by atoms with E-state index in [9.17, 15) is 0 Å². The van der Waals surface area contributed by atoms with Crippen molar-refractivity contribution in [2.45, 2.75) is 12.6 Å². The lowest BCUT2D eigenvalue weighted by Crippen LogP contribution is -2.19. The number of rotatable bonds is 3. The highest BCUT2D eigenvalue weighted by Crippen LogP contribution is 2.43. The van der Waals surface area contributed by atoms with Gasteiger partial charge in [-0.2, -0.15) is 0 Å². The van der Waals surface area contributed by atoms with Crippen LogP contribution in [0.5, 0.6) is 0 Å². The first-order chi connectivity index (χ1) is 9.93. The summed E-state index contributed by atoms with van der Waals surface area (Å²) >= 11 is 0. The molecule has 3 aromatic rings. The molecule has 1 aromatic heterocycles. The maximum atomic E-state index is 5.16. The minimum atomic E-state index is 0.215. The quantitative estimate of drug-likeness (QED) is 0.784. The molecule has 3 nitrogen and oxygen atoms in total. The normalized spacial score (nSPS) is 13.2. The number of fused-ring (bicyclic) bond motifs is 3. The molecule has 1 heterocycles. The predicted octanol–water partition coefficient (Wildman–Crippen LogP) is 3.53. The molecular weight excluding hydrogens is 248 g/mol. The van der Waals surface area contributed by atoms with Crippen molar-refractivity contribution in [2.24, 2.45) is 0 Å². The first-order valence-electron chi connectivity index (χ1n) is 6.74. The maximum Gasteiger partial charge on any atom is 0.150 e. The Kier molecular flexibility index (Phi) is 2.64. The van der Waals surface area contributed by atoms with E-state index in [1.54, 1.807) is 6.20 Å². The van der Waals surface area contributed by atoms with E-state index in [1.165, 1.54) is 22.3 Å². The van der Waals surface area contributed by atoms with E-state index in [0.717, 1.165) is 5.76 Å². The van der Waals surface area contributed by atoms with E-state index >= 15 is 0 Å². The van der Waals surface area contributed by atoms with Gasteiger partial charge in [0.25, 0.3) is 0 Å². The third kappa shape index (κ3) is 1.75. The van der Waals surface area contributed by atoms with Crippen LogP contribution in [-0.2, 0) is 6.54 Å². The van der Waals surface area contributed by atoms with Crippen molar-refractivity contribution in [1.82, 2.24) is 10.5 Å². The largest absolute Gasteiger partial charge is 0.360 e. The van der Waals surface area contributed by atoms with Crippen LogP contribution < -0.4 is 5.32 Å². The fourth-order valence-electron chi connectivity index (χ4n) is 2.91. The lowest BCUT2D eigenvalue weighted by molar-refractivity contribution is 0.369. The van der Waals surface area contributed by atoms with Gasteiger partial charge in [-0.25, -0.2) is 0 Å². The molecule has 1 aliphatic rings. The Hall–Kier alpha value is -2.39. The predicted molar refractivity (Wildman–Crippen MR) is 77.1 cm³/mol. The van der Waals surface area contributed by atoms with Crippen LogP contribution in [0.2, 0.25) is 0 Å². The van der Waals surface area contributed by atoms with Gasteiger partial charge in [0, 0.05) is 6.07 Å². The zero-order valence-corrected chi connectivity index (χ0v) is 10.9. The summed E-state index contributed by atoms with van der Waals surface area (Å²) in [5.74, 6) is 0.854.